The third kappa shape index (κ3) is 6.03. The van der Waals surface area contributed by atoms with Crippen molar-refractivity contribution in [2.75, 3.05) is 18.5 Å². The summed E-state index contributed by atoms with van der Waals surface area (Å²) in [6, 6.07) is 8.57. The quantitative estimate of drug-likeness (QED) is 0.459. The summed E-state index contributed by atoms with van der Waals surface area (Å²) in [6.07, 6.45) is 3.45. The van der Waals surface area contributed by atoms with Gasteiger partial charge < -0.3 is 4.74 Å². The molecule has 0 spiro atoms. The van der Waals surface area contributed by atoms with E-state index in [2.05, 4.69) is 63.0 Å². The van der Waals surface area contributed by atoms with Gasteiger partial charge in [0, 0.05) is 23.0 Å². The molecule has 1 nitrogen and oxygen atoms in total. The molecule has 0 aliphatic rings. The smallest absolute Gasteiger partial charge is 0.0472 e. The Bertz CT molecular complexity index is 298. The second-order valence-electron chi connectivity index (χ2n) is 4.16. The third-order valence-corrected chi connectivity index (χ3v) is 4.09. The van der Waals surface area contributed by atoms with Crippen molar-refractivity contribution in [2.45, 2.75) is 32.1 Å². The first-order valence-electron chi connectivity index (χ1n) is 6.17. The summed E-state index contributed by atoms with van der Waals surface area (Å²) >= 11 is 7.05. The van der Waals surface area contributed by atoms with Crippen LogP contribution in [0.4, 0.5) is 0 Å². The maximum atomic E-state index is 5.62. The predicted molar refractivity (Wildman–Crippen MR) is 81.0 cm³/mol. The average Bonchev–Trinajstić information content (AvgIpc) is 2.35. The summed E-state index contributed by atoms with van der Waals surface area (Å²) in [5.74, 6) is 0.546. The van der Waals surface area contributed by atoms with Crippen LogP contribution in [-0.2, 0) is 4.74 Å². The van der Waals surface area contributed by atoms with Crippen LogP contribution >= 0.6 is 31.9 Å². The van der Waals surface area contributed by atoms with Crippen LogP contribution < -0.4 is 0 Å². The second-order valence-corrected chi connectivity index (χ2v) is 5.72. The SMILES string of the molecule is CCCCOCCC(CBr)c1ccc(Br)cc1. The molecule has 17 heavy (non-hydrogen) atoms. The van der Waals surface area contributed by atoms with Crippen LogP contribution in [0.3, 0.4) is 0 Å². The van der Waals surface area contributed by atoms with E-state index in [0.29, 0.717) is 5.92 Å². The molecular weight excluding hydrogens is 344 g/mol. The van der Waals surface area contributed by atoms with E-state index >= 15 is 0 Å². The average molecular weight is 364 g/mol. The zero-order chi connectivity index (χ0) is 12.5. The van der Waals surface area contributed by atoms with Gasteiger partial charge in [-0.2, -0.15) is 0 Å². The molecule has 1 atom stereocenters. The van der Waals surface area contributed by atoms with Gasteiger partial charge in [0.2, 0.25) is 0 Å². The molecule has 1 unspecified atom stereocenters. The first-order valence-corrected chi connectivity index (χ1v) is 8.08. The van der Waals surface area contributed by atoms with Crippen LogP contribution in [0.2, 0.25) is 0 Å². The lowest BCUT2D eigenvalue weighted by Crippen LogP contribution is -2.06. The van der Waals surface area contributed by atoms with Gasteiger partial charge in [-0.1, -0.05) is 57.3 Å². The summed E-state index contributed by atoms with van der Waals surface area (Å²) < 4.78 is 6.75. The molecule has 0 aliphatic heterocycles. The van der Waals surface area contributed by atoms with E-state index in [1.54, 1.807) is 0 Å². The second kappa shape index (κ2) is 9.12. The molecule has 0 saturated carbocycles. The fourth-order valence-electron chi connectivity index (χ4n) is 1.64. The minimum Gasteiger partial charge on any atom is -0.381 e. The van der Waals surface area contributed by atoms with Crippen molar-refractivity contribution in [2.24, 2.45) is 0 Å². The third-order valence-electron chi connectivity index (χ3n) is 2.78. The molecule has 1 aromatic rings. The molecular formula is C14H20Br2O. The number of rotatable bonds is 8. The molecule has 0 amide bonds. The Morgan fingerprint density at radius 3 is 2.47 bits per heavy atom. The van der Waals surface area contributed by atoms with E-state index in [4.69, 9.17) is 4.74 Å². The lowest BCUT2D eigenvalue weighted by Gasteiger charge is -2.14. The van der Waals surface area contributed by atoms with Crippen LogP contribution in [-0.4, -0.2) is 18.5 Å². The van der Waals surface area contributed by atoms with Crippen LogP contribution in [0.15, 0.2) is 28.7 Å². The Morgan fingerprint density at radius 1 is 1.18 bits per heavy atom. The van der Waals surface area contributed by atoms with Crippen molar-refractivity contribution in [1.29, 1.82) is 0 Å². The van der Waals surface area contributed by atoms with Gasteiger partial charge in [0.15, 0.2) is 0 Å². The van der Waals surface area contributed by atoms with Gasteiger partial charge in [0.05, 0.1) is 0 Å². The molecule has 0 aliphatic carbocycles. The minimum atomic E-state index is 0.546. The number of unbranched alkanes of at least 4 members (excludes halogenated alkanes) is 1. The first-order chi connectivity index (χ1) is 8.27. The lowest BCUT2D eigenvalue weighted by molar-refractivity contribution is 0.125. The van der Waals surface area contributed by atoms with E-state index in [1.807, 2.05) is 0 Å². The van der Waals surface area contributed by atoms with Crippen LogP contribution in [0, 0.1) is 0 Å². The molecule has 0 bridgehead atoms. The number of hydrogen-bond donors (Lipinski definition) is 0. The largest absolute Gasteiger partial charge is 0.381 e. The molecule has 1 aromatic carbocycles. The maximum absolute atomic E-state index is 5.62. The Balaban J connectivity index is 2.35. The monoisotopic (exact) mass is 362 g/mol. The topological polar surface area (TPSA) is 9.23 Å². The summed E-state index contributed by atoms with van der Waals surface area (Å²) in [5, 5.41) is 0.992. The van der Waals surface area contributed by atoms with Crippen LogP contribution in [0.1, 0.15) is 37.7 Å². The highest BCUT2D eigenvalue weighted by atomic mass is 79.9. The molecule has 0 heterocycles. The van der Waals surface area contributed by atoms with Crippen molar-refractivity contribution in [3.63, 3.8) is 0 Å². The Morgan fingerprint density at radius 2 is 1.88 bits per heavy atom. The van der Waals surface area contributed by atoms with Gasteiger partial charge in [0.25, 0.3) is 0 Å². The normalized spacial score (nSPS) is 12.6. The summed E-state index contributed by atoms with van der Waals surface area (Å²) in [6.45, 7) is 3.94. The highest BCUT2D eigenvalue weighted by molar-refractivity contribution is 9.10. The zero-order valence-corrected chi connectivity index (χ0v) is 13.5. The van der Waals surface area contributed by atoms with E-state index in [1.165, 1.54) is 12.0 Å². The fraction of sp³-hybridized carbons (Fsp3) is 0.571. The number of halogens is 2. The molecule has 0 N–H and O–H groups in total. The van der Waals surface area contributed by atoms with E-state index in [9.17, 15) is 0 Å². The minimum absolute atomic E-state index is 0.546. The fourth-order valence-corrected chi connectivity index (χ4v) is 2.60. The van der Waals surface area contributed by atoms with Gasteiger partial charge in [-0.3, -0.25) is 0 Å². The van der Waals surface area contributed by atoms with E-state index < -0.39 is 0 Å². The van der Waals surface area contributed by atoms with E-state index in [0.717, 1.165) is 35.9 Å². The number of alkyl halides is 1. The Kier molecular flexibility index (Phi) is 8.15. The van der Waals surface area contributed by atoms with Crippen molar-refractivity contribution in [3.8, 4) is 0 Å². The van der Waals surface area contributed by atoms with Gasteiger partial charge in [-0.15, -0.1) is 0 Å². The number of ether oxygens (including phenoxy) is 1. The molecule has 0 saturated heterocycles. The summed E-state index contributed by atoms with van der Waals surface area (Å²) in [4.78, 5) is 0. The Hall–Kier alpha value is 0.140. The molecule has 3 heteroatoms. The molecule has 1 rings (SSSR count). The highest BCUT2D eigenvalue weighted by Crippen LogP contribution is 2.23. The zero-order valence-electron chi connectivity index (χ0n) is 10.3. The highest BCUT2D eigenvalue weighted by Gasteiger charge is 2.09. The Labute approximate surface area is 121 Å². The van der Waals surface area contributed by atoms with Gasteiger partial charge in [-0.25, -0.2) is 0 Å². The van der Waals surface area contributed by atoms with Crippen molar-refractivity contribution >= 4 is 31.9 Å². The number of benzene rings is 1. The molecule has 0 radical (unpaired) electrons. The molecule has 96 valence electrons. The summed E-state index contributed by atoms with van der Waals surface area (Å²) in [7, 11) is 0. The van der Waals surface area contributed by atoms with Gasteiger partial charge >= 0.3 is 0 Å². The molecule has 0 fully saturated rings. The standard InChI is InChI=1S/C14H20Br2O/c1-2-3-9-17-10-8-13(11-15)12-4-6-14(16)7-5-12/h4-7,13H,2-3,8-11H2,1H3. The molecule has 0 aromatic heterocycles. The lowest BCUT2D eigenvalue weighted by atomic mass is 9.98. The van der Waals surface area contributed by atoms with Crippen molar-refractivity contribution < 1.29 is 4.74 Å². The van der Waals surface area contributed by atoms with Crippen LogP contribution in [0.5, 0.6) is 0 Å². The first kappa shape index (κ1) is 15.2. The van der Waals surface area contributed by atoms with Crippen molar-refractivity contribution in [1.82, 2.24) is 0 Å². The van der Waals surface area contributed by atoms with Crippen LogP contribution in [0.25, 0.3) is 0 Å². The van der Waals surface area contributed by atoms with Gasteiger partial charge in [0.1, 0.15) is 0 Å². The van der Waals surface area contributed by atoms with Gasteiger partial charge in [-0.05, 0) is 36.5 Å². The van der Waals surface area contributed by atoms with Crippen molar-refractivity contribution in [3.05, 3.63) is 34.3 Å². The predicted octanol–water partition coefficient (Wildman–Crippen LogP) is 5.13. The van der Waals surface area contributed by atoms with E-state index in [-0.39, 0.29) is 0 Å². The maximum Gasteiger partial charge on any atom is 0.0472 e. The summed E-state index contributed by atoms with van der Waals surface area (Å²) in [5.41, 5.74) is 1.38. The number of hydrogen-bond acceptors (Lipinski definition) is 1.